The first-order valence-electron chi connectivity index (χ1n) is 11.0. The molecule has 7 nitrogen and oxygen atoms in total. The number of hydrogen-bond donors (Lipinski definition) is 2. The molecule has 166 valence electrons. The van der Waals surface area contributed by atoms with Gasteiger partial charge in [-0.2, -0.15) is 0 Å². The molecule has 0 spiro atoms. The van der Waals surface area contributed by atoms with E-state index in [2.05, 4.69) is 29.4 Å². The number of carbonyl (C=O) groups excluding carboxylic acids is 1. The maximum absolute atomic E-state index is 11.6. The summed E-state index contributed by atoms with van der Waals surface area (Å²) in [6.07, 6.45) is 3.31. The van der Waals surface area contributed by atoms with Crippen LogP contribution < -0.4 is 10.6 Å². The zero-order chi connectivity index (χ0) is 20.6. The van der Waals surface area contributed by atoms with E-state index in [0.29, 0.717) is 51.7 Å². The van der Waals surface area contributed by atoms with Crippen molar-refractivity contribution < 1.29 is 19.0 Å². The molecule has 2 N–H and O–H groups in total. The van der Waals surface area contributed by atoms with Crippen LogP contribution in [0, 0.1) is 5.92 Å². The van der Waals surface area contributed by atoms with Gasteiger partial charge in [0.1, 0.15) is 0 Å². The van der Waals surface area contributed by atoms with Gasteiger partial charge in [0, 0.05) is 31.1 Å². The van der Waals surface area contributed by atoms with Crippen LogP contribution in [0.1, 0.15) is 47.0 Å². The average Bonchev–Trinajstić information content (AvgIpc) is 2.68. The van der Waals surface area contributed by atoms with E-state index in [4.69, 9.17) is 14.2 Å². The highest BCUT2D eigenvalue weighted by molar-refractivity contribution is 5.78. The predicted octanol–water partition coefficient (Wildman–Crippen LogP) is 1.66. The van der Waals surface area contributed by atoms with E-state index in [9.17, 15) is 4.79 Å². The van der Waals surface area contributed by atoms with Crippen LogP contribution in [0.25, 0.3) is 0 Å². The van der Waals surface area contributed by atoms with Crippen molar-refractivity contribution in [3.8, 4) is 0 Å². The van der Waals surface area contributed by atoms with Crippen LogP contribution in [0.4, 0.5) is 0 Å². The van der Waals surface area contributed by atoms with Crippen LogP contribution in [0.2, 0.25) is 0 Å². The third-order valence-corrected chi connectivity index (χ3v) is 5.06. The van der Waals surface area contributed by atoms with E-state index >= 15 is 0 Å². The molecule has 1 amide bonds. The van der Waals surface area contributed by atoms with Gasteiger partial charge in [0.15, 0.2) is 0 Å². The summed E-state index contributed by atoms with van der Waals surface area (Å²) in [6, 6.07) is 1.24. The van der Waals surface area contributed by atoms with Crippen molar-refractivity contribution in [3.63, 3.8) is 0 Å². The van der Waals surface area contributed by atoms with Gasteiger partial charge in [0.2, 0.25) is 5.91 Å². The van der Waals surface area contributed by atoms with Gasteiger partial charge in [0.25, 0.3) is 0 Å². The second-order valence-corrected chi connectivity index (χ2v) is 7.87. The maximum atomic E-state index is 11.6. The number of likely N-dealkylation sites (tertiary alicyclic amines) is 1. The molecule has 1 heterocycles. The van der Waals surface area contributed by atoms with Gasteiger partial charge in [0.05, 0.1) is 39.6 Å². The Morgan fingerprint density at radius 2 is 1.54 bits per heavy atom. The van der Waals surface area contributed by atoms with Crippen LogP contribution >= 0.6 is 0 Å². The van der Waals surface area contributed by atoms with E-state index in [1.165, 1.54) is 12.8 Å². The molecule has 7 heteroatoms. The Morgan fingerprint density at radius 1 is 0.964 bits per heavy atom. The fraction of sp³-hybridized carbons (Fsp3) is 0.952. The Kier molecular flexibility index (Phi) is 14.6. The number of nitrogens with zero attached hydrogens (tertiary/aromatic N) is 1. The first kappa shape index (κ1) is 25.3. The molecule has 1 rings (SSSR count). The van der Waals surface area contributed by atoms with Crippen LogP contribution in [-0.2, 0) is 19.0 Å². The summed E-state index contributed by atoms with van der Waals surface area (Å²) in [5.74, 6) is 0.160. The van der Waals surface area contributed by atoms with Crippen molar-refractivity contribution in [2.45, 2.75) is 59.0 Å². The molecule has 1 saturated heterocycles. The molecule has 0 saturated carbocycles. The summed E-state index contributed by atoms with van der Waals surface area (Å²) in [4.78, 5) is 14.1. The van der Waals surface area contributed by atoms with Crippen LogP contribution in [0.3, 0.4) is 0 Å². The first-order valence-corrected chi connectivity index (χ1v) is 11.0. The van der Waals surface area contributed by atoms with Gasteiger partial charge in [-0.1, -0.05) is 27.7 Å². The fourth-order valence-corrected chi connectivity index (χ4v) is 3.14. The van der Waals surface area contributed by atoms with E-state index in [-0.39, 0.29) is 11.8 Å². The van der Waals surface area contributed by atoms with E-state index in [1.807, 2.05) is 13.8 Å². The van der Waals surface area contributed by atoms with Gasteiger partial charge in [-0.25, -0.2) is 0 Å². The Morgan fingerprint density at radius 3 is 2.11 bits per heavy atom. The minimum absolute atomic E-state index is 0.0667. The van der Waals surface area contributed by atoms with Gasteiger partial charge < -0.3 is 29.7 Å². The number of nitrogens with one attached hydrogen (secondary N) is 2. The topological polar surface area (TPSA) is 72.1 Å². The zero-order valence-electron chi connectivity index (χ0n) is 18.5. The average molecular weight is 402 g/mol. The van der Waals surface area contributed by atoms with Crippen molar-refractivity contribution in [1.82, 2.24) is 15.5 Å². The molecular formula is C21H43N3O4. The minimum Gasteiger partial charge on any atom is -0.378 e. The van der Waals surface area contributed by atoms with Crippen molar-refractivity contribution >= 4 is 5.91 Å². The van der Waals surface area contributed by atoms with Gasteiger partial charge in [-0.05, 0) is 32.4 Å². The molecule has 0 aromatic carbocycles. The summed E-state index contributed by atoms with van der Waals surface area (Å²) < 4.78 is 16.6. The molecule has 0 radical (unpaired) electrons. The molecule has 28 heavy (non-hydrogen) atoms. The summed E-state index contributed by atoms with van der Waals surface area (Å²) >= 11 is 0. The third-order valence-electron chi connectivity index (χ3n) is 5.06. The van der Waals surface area contributed by atoms with Crippen LogP contribution in [0.15, 0.2) is 0 Å². The largest absolute Gasteiger partial charge is 0.378 e. The maximum Gasteiger partial charge on any atom is 0.222 e. The summed E-state index contributed by atoms with van der Waals surface area (Å²) in [7, 11) is 0. The number of carbonyl (C=O) groups is 1. The Bertz CT molecular complexity index is 388. The lowest BCUT2D eigenvalue weighted by atomic mass is 10.0. The highest BCUT2D eigenvalue weighted by Gasteiger charge is 2.18. The van der Waals surface area contributed by atoms with Crippen LogP contribution in [0.5, 0.6) is 0 Å². The number of hydrogen-bond acceptors (Lipinski definition) is 6. The molecule has 0 aromatic rings. The smallest absolute Gasteiger partial charge is 0.222 e. The number of ether oxygens (including phenoxy) is 3. The third kappa shape index (κ3) is 12.7. The van der Waals surface area contributed by atoms with Crippen molar-refractivity contribution in [1.29, 1.82) is 0 Å². The van der Waals surface area contributed by atoms with Gasteiger partial charge >= 0.3 is 0 Å². The standard InChI is InChI=1S/C21H43N3O4/c1-5-19(4)21(25)22-8-12-26-14-16-28-17-15-27-13-11-24-9-6-20(7-10-24)23-18(2)3/h18-20,23H,5-17H2,1-4H3,(H,22,25). The molecule has 0 aliphatic carbocycles. The molecular weight excluding hydrogens is 358 g/mol. The van der Waals surface area contributed by atoms with Crippen molar-refractivity contribution in [3.05, 3.63) is 0 Å². The van der Waals surface area contributed by atoms with Crippen molar-refractivity contribution in [2.24, 2.45) is 5.92 Å². The SMILES string of the molecule is CCC(C)C(=O)NCCOCCOCCOCCN1CCC(NC(C)C)CC1. The second-order valence-electron chi connectivity index (χ2n) is 7.87. The molecule has 1 aliphatic rings. The Hall–Kier alpha value is -0.730. The number of rotatable bonds is 16. The molecule has 1 atom stereocenters. The lowest BCUT2D eigenvalue weighted by Gasteiger charge is -2.33. The highest BCUT2D eigenvalue weighted by Crippen LogP contribution is 2.10. The van der Waals surface area contributed by atoms with Crippen molar-refractivity contribution in [2.75, 3.05) is 65.8 Å². The molecule has 0 aromatic heterocycles. The van der Waals surface area contributed by atoms with Gasteiger partial charge in [-0.15, -0.1) is 0 Å². The van der Waals surface area contributed by atoms with E-state index in [1.54, 1.807) is 0 Å². The zero-order valence-corrected chi connectivity index (χ0v) is 18.5. The monoisotopic (exact) mass is 401 g/mol. The fourth-order valence-electron chi connectivity index (χ4n) is 3.14. The number of amides is 1. The minimum atomic E-state index is 0.0667. The van der Waals surface area contributed by atoms with E-state index < -0.39 is 0 Å². The lowest BCUT2D eigenvalue weighted by molar-refractivity contribution is -0.124. The number of piperidine rings is 1. The molecule has 1 unspecified atom stereocenters. The molecule has 1 aliphatic heterocycles. The second kappa shape index (κ2) is 16.1. The normalized spacial score (nSPS) is 17.2. The first-order chi connectivity index (χ1) is 13.5. The predicted molar refractivity (Wildman–Crippen MR) is 113 cm³/mol. The summed E-state index contributed by atoms with van der Waals surface area (Å²) in [6.45, 7) is 15.8. The summed E-state index contributed by atoms with van der Waals surface area (Å²) in [5, 5.41) is 6.49. The molecule has 0 bridgehead atoms. The highest BCUT2D eigenvalue weighted by atomic mass is 16.5. The quantitative estimate of drug-likeness (QED) is 0.383. The lowest BCUT2D eigenvalue weighted by Crippen LogP contribution is -2.45. The molecule has 1 fully saturated rings. The van der Waals surface area contributed by atoms with Gasteiger partial charge in [-0.3, -0.25) is 4.79 Å². The summed E-state index contributed by atoms with van der Waals surface area (Å²) in [5.41, 5.74) is 0. The Labute approximate surface area is 171 Å². The van der Waals surface area contributed by atoms with Crippen LogP contribution in [-0.4, -0.2) is 88.7 Å². The Balaban J connectivity index is 1.81. The van der Waals surface area contributed by atoms with E-state index in [0.717, 1.165) is 32.7 Å².